The number of aromatic hydroxyl groups is 1. The zero-order valence-electron chi connectivity index (χ0n) is 12.3. The summed E-state index contributed by atoms with van der Waals surface area (Å²) in [5.74, 6) is 0.265. The number of pyridine rings is 1. The molecule has 0 aliphatic heterocycles. The number of phenols is 1. The van der Waals surface area contributed by atoms with Gasteiger partial charge in [-0.05, 0) is 19.1 Å². The molecule has 5 nitrogen and oxygen atoms in total. The molecule has 5 heteroatoms. The summed E-state index contributed by atoms with van der Waals surface area (Å²) >= 11 is 0. The molecule has 112 valence electrons. The second-order valence-corrected chi connectivity index (χ2v) is 4.93. The molecule has 0 saturated heterocycles. The molecule has 0 aliphatic rings. The minimum atomic E-state index is -0.0593. The van der Waals surface area contributed by atoms with Gasteiger partial charge in [0.1, 0.15) is 5.75 Å². The van der Waals surface area contributed by atoms with Crippen LogP contribution < -0.4 is 10.9 Å². The predicted octanol–water partition coefficient (Wildman–Crippen LogP) is 2.12. The van der Waals surface area contributed by atoms with E-state index in [-0.39, 0.29) is 11.3 Å². The Labute approximate surface area is 123 Å². The molecule has 2 N–H and O–H groups in total. The summed E-state index contributed by atoms with van der Waals surface area (Å²) in [6, 6.07) is 8.74. The lowest BCUT2D eigenvalue weighted by atomic mass is 10.1. The van der Waals surface area contributed by atoms with Gasteiger partial charge in [-0.1, -0.05) is 17.7 Å². The third-order valence-corrected chi connectivity index (χ3v) is 3.24. The molecule has 0 fully saturated rings. The number of ether oxygens (including phenoxy) is 1. The van der Waals surface area contributed by atoms with E-state index in [2.05, 4.69) is 5.32 Å². The Bertz CT molecular complexity index is 665. The van der Waals surface area contributed by atoms with E-state index in [4.69, 9.17) is 4.74 Å². The number of aryl methyl sites for hydroxylation is 1. The molecule has 0 aliphatic carbocycles. The lowest BCUT2D eigenvalue weighted by molar-refractivity contribution is 0.186. The van der Waals surface area contributed by atoms with Gasteiger partial charge in [0.25, 0.3) is 5.56 Å². The first-order chi connectivity index (χ1) is 10.1. The van der Waals surface area contributed by atoms with Crippen molar-refractivity contribution in [1.29, 1.82) is 0 Å². The van der Waals surface area contributed by atoms with Crippen molar-refractivity contribution in [1.82, 2.24) is 4.57 Å². The maximum Gasteiger partial charge on any atom is 0.250 e. The maximum atomic E-state index is 11.7. The Balaban J connectivity index is 2.09. The van der Waals surface area contributed by atoms with Gasteiger partial charge in [-0.25, -0.2) is 0 Å². The Kier molecular flexibility index (Phi) is 5.00. The lowest BCUT2D eigenvalue weighted by Gasteiger charge is -2.11. The predicted molar refractivity (Wildman–Crippen MR) is 82.7 cm³/mol. The largest absolute Gasteiger partial charge is 0.508 e. The fourth-order valence-corrected chi connectivity index (χ4v) is 2.05. The van der Waals surface area contributed by atoms with Crippen LogP contribution in [0.2, 0.25) is 0 Å². The van der Waals surface area contributed by atoms with Crippen LogP contribution in [0.25, 0.3) is 0 Å². The van der Waals surface area contributed by atoms with Crippen LogP contribution >= 0.6 is 0 Å². The first kappa shape index (κ1) is 15.1. The Morgan fingerprint density at radius 2 is 2.10 bits per heavy atom. The van der Waals surface area contributed by atoms with Gasteiger partial charge in [-0.15, -0.1) is 0 Å². The average molecular weight is 288 g/mol. The number of phenolic OH excluding ortho intramolecular Hbond substituents is 1. The van der Waals surface area contributed by atoms with Crippen LogP contribution in [0.4, 0.5) is 5.69 Å². The fourth-order valence-electron chi connectivity index (χ4n) is 2.05. The zero-order valence-corrected chi connectivity index (χ0v) is 12.3. The number of nitrogens with zero attached hydrogens (tertiary/aromatic N) is 1. The monoisotopic (exact) mass is 288 g/mol. The van der Waals surface area contributed by atoms with Crippen LogP contribution in [0.1, 0.15) is 11.1 Å². The van der Waals surface area contributed by atoms with Gasteiger partial charge in [-0.3, -0.25) is 4.79 Å². The standard InChI is InChI=1S/C16H20N2O3/c1-12-3-5-15(19)13(9-12)10-17-14-4-6-16(20)18(11-14)7-8-21-2/h3-6,9,11,17,19H,7-8,10H2,1-2H3. The van der Waals surface area contributed by atoms with Crippen LogP contribution in [-0.2, 0) is 17.8 Å². The summed E-state index contributed by atoms with van der Waals surface area (Å²) in [6.07, 6.45) is 1.76. The van der Waals surface area contributed by atoms with E-state index in [1.54, 1.807) is 30.0 Å². The third kappa shape index (κ3) is 4.10. The molecule has 2 rings (SSSR count). The normalized spacial score (nSPS) is 10.6. The number of hydrogen-bond donors (Lipinski definition) is 2. The van der Waals surface area contributed by atoms with Gasteiger partial charge in [-0.2, -0.15) is 0 Å². The molecule has 0 radical (unpaired) electrons. The molecular formula is C16H20N2O3. The molecule has 2 aromatic rings. The molecular weight excluding hydrogens is 268 g/mol. The van der Waals surface area contributed by atoms with E-state index in [1.165, 1.54) is 6.07 Å². The summed E-state index contributed by atoms with van der Waals surface area (Å²) in [7, 11) is 1.60. The van der Waals surface area contributed by atoms with Gasteiger partial charge in [0.05, 0.1) is 12.3 Å². The summed E-state index contributed by atoms with van der Waals surface area (Å²) in [5.41, 5.74) is 2.68. The number of hydrogen-bond acceptors (Lipinski definition) is 4. The van der Waals surface area contributed by atoms with Crippen LogP contribution in [0.5, 0.6) is 5.75 Å². The van der Waals surface area contributed by atoms with Gasteiger partial charge >= 0.3 is 0 Å². The van der Waals surface area contributed by atoms with E-state index in [0.29, 0.717) is 19.7 Å². The number of rotatable bonds is 6. The molecule has 1 aromatic heterocycles. The number of aromatic nitrogens is 1. The quantitative estimate of drug-likeness (QED) is 0.854. The number of anilines is 1. The molecule has 21 heavy (non-hydrogen) atoms. The highest BCUT2D eigenvalue weighted by Crippen LogP contribution is 2.19. The van der Waals surface area contributed by atoms with E-state index in [1.807, 2.05) is 19.1 Å². The van der Waals surface area contributed by atoms with Crippen LogP contribution in [0, 0.1) is 6.92 Å². The van der Waals surface area contributed by atoms with Crippen molar-refractivity contribution in [2.75, 3.05) is 19.0 Å². The van der Waals surface area contributed by atoms with Crippen LogP contribution in [0.3, 0.4) is 0 Å². The van der Waals surface area contributed by atoms with Crippen LogP contribution in [0.15, 0.2) is 41.3 Å². The Morgan fingerprint density at radius 1 is 1.29 bits per heavy atom. The highest BCUT2D eigenvalue weighted by Gasteiger charge is 2.03. The average Bonchev–Trinajstić information content (AvgIpc) is 2.48. The van der Waals surface area contributed by atoms with Gasteiger partial charge in [0.15, 0.2) is 0 Å². The van der Waals surface area contributed by atoms with Crippen molar-refractivity contribution < 1.29 is 9.84 Å². The smallest absolute Gasteiger partial charge is 0.250 e. The lowest BCUT2D eigenvalue weighted by Crippen LogP contribution is -2.21. The zero-order chi connectivity index (χ0) is 15.2. The number of benzene rings is 1. The topological polar surface area (TPSA) is 63.5 Å². The third-order valence-electron chi connectivity index (χ3n) is 3.24. The highest BCUT2D eigenvalue weighted by molar-refractivity contribution is 5.44. The number of nitrogens with one attached hydrogen (secondary N) is 1. The van der Waals surface area contributed by atoms with Gasteiger partial charge in [0.2, 0.25) is 0 Å². The molecule has 0 saturated carbocycles. The molecule has 1 heterocycles. The van der Waals surface area contributed by atoms with E-state index in [9.17, 15) is 9.90 Å². The molecule has 0 bridgehead atoms. The van der Waals surface area contributed by atoms with Gasteiger partial charge < -0.3 is 19.7 Å². The minimum Gasteiger partial charge on any atom is -0.508 e. The summed E-state index contributed by atoms with van der Waals surface area (Å²) in [4.78, 5) is 11.7. The van der Waals surface area contributed by atoms with E-state index >= 15 is 0 Å². The second-order valence-electron chi connectivity index (χ2n) is 4.93. The summed E-state index contributed by atoms with van der Waals surface area (Å²) < 4.78 is 6.58. The summed E-state index contributed by atoms with van der Waals surface area (Å²) in [5, 5.41) is 13.0. The highest BCUT2D eigenvalue weighted by atomic mass is 16.5. The first-order valence-electron chi connectivity index (χ1n) is 6.82. The SMILES string of the molecule is COCCn1cc(NCc2cc(C)ccc2O)ccc1=O. The number of methoxy groups -OCH3 is 1. The van der Waals surface area contributed by atoms with Crippen LogP contribution in [-0.4, -0.2) is 23.4 Å². The fraction of sp³-hybridized carbons (Fsp3) is 0.312. The summed E-state index contributed by atoms with van der Waals surface area (Å²) in [6.45, 7) is 3.48. The molecule has 1 aromatic carbocycles. The van der Waals surface area contributed by atoms with Crippen molar-refractivity contribution >= 4 is 5.69 Å². The molecule has 0 amide bonds. The van der Waals surface area contributed by atoms with Crippen molar-refractivity contribution in [2.24, 2.45) is 0 Å². The van der Waals surface area contributed by atoms with Crippen molar-refractivity contribution in [3.8, 4) is 5.75 Å². The minimum absolute atomic E-state index is 0.0593. The Morgan fingerprint density at radius 3 is 2.86 bits per heavy atom. The van der Waals surface area contributed by atoms with Crippen molar-refractivity contribution in [2.45, 2.75) is 20.0 Å². The van der Waals surface area contributed by atoms with E-state index in [0.717, 1.165) is 16.8 Å². The van der Waals surface area contributed by atoms with E-state index < -0.39 is 0 Å². The molecule has 0 atom stereocenters. The molecule has 0 unspecified atom stereocenters. The van der Waals surface area contributed by atoms with Crippen molar-refractivity contribution in [3.63, 3.8) is 0 Å². The second kappa shape index (κ2) is 6.95. The molecule has 0 spiro atoms. The van der Waals surface area contributed by atoms with Crippen molar-refractivity contribution in [3.05, 3.63) is 58.0 Å². The maximum absolute atomic E-state index is 11.7. The van der Waals surface area contributed by atoms with Gasteiger partial charge in [0, 0.05) is 38.0 Å². The Hall–Kier alpha value is -2.27. The first-order valence-corrected chi connectivity index (χ1v) is 6.82.